The summed E-state index contributed by atoms with van der Waals surface area (Å²) in [6.45, 7) is 5.58. The van der Waals surface area contributed by atoms with Crippen LogP contribution in [0.2, 0.25) is 0 Å². The second kappa shape index (κ2) is 8.26. The number of nitrogens with zero attached hydrogens (tertiary/aromatic N) is 1. The van der Waals surface area contributed by atoms with E-state index in [1.807, 2.05) is 18.2 Å². The zero-order chi connectivity index (χ0) is 17.6. The van der Waals surface area contributed by atoms with Crippen LogP contribution in [0.3, 0.4) is 0 Å². The Bertz CT molecular complexity index is 677. The fourth-order valence-corrected chi connectivity index (χ4v) is 3.19. The number of nitrogens with one attached hydrogen (secondary N) is 1. The lowest BCUT2D eigenvalue weighted by Gasteiger charge is -2.20. The van der Waals surface area contributed by atoms with Crippen molar-refractivity contribution in [3.05, 3.63) is 65.5 Å². The number of ether oxygens (including phenoxy) is 1. The molecule has 4 nitrogen and oxygen atoms in total. The second-order valence-corrected chi connectivity index (χ2v) is 6.88. The molecular formula is C21H26N2O2. The van der Waals surface area contributed by atoms with E-state index in [-0.39, 0.29) is 17.9 Å². The van der Waals surface area contributed by atoms with Crippen molar-refractivity contribution >= 4 is 5.91 Å². The minimum Gasteiger partial charge on any atom is -0.368 e. The number of carbonyl (C=O) groups excluding carboxylic acids is 1. The summed E-state index contributed by atoms with van der Waals surface area (Å²) in [5.74, 6) is 0.520. The third kappa shape index (κ3) is 4.45. The summed E-state index contributed by atoms with van der Waals surface area (Å²) in [6, 6.07) is 14.5. The Labute approximate surface area is 149 Å². The van der Waals surface area contributed by atoms with Crippen LogP contribution in [0.25, 0.3) is 0 Å². The Hall–Kier alpha value is -2.20. The van der Waals surface area contributed by atoms with E-state index >= 15 is 0 Å². The van der Waals surface area contributed by atoms with E-state index in [4.69, 9.17) is 4.74 Å². The number of hydrogen-bond donors (Lipinski definition) is 1. The van der Waals surface area contributed by atoms with Crippen LogP contribution in [-0.2, 0) is 9.53 Å². The SMILES string of the molecule is CC(C)c1ccc(C(CNC(=O)C2CCCO2)c2ccccn2)cc1. The van der Waals surface area contributed by atoms with Crippen molar-refractivity contribution in [2.75, 3.05) is 13.2 Å². The zero-order valence-corrected chi connectivity index (χ0v) is 14.9. The van der Waals surface area contributed by atoms with E-state index < -0.39 is 0 Å². The highest BCUT2D eigenvalue weighted by Gasteiger charge is 2.25. The van der Waals surface area contributed by atoms with E-state index in [1.54, 1.807) is 6.20 Å². The molecule has 0 saturated carbocycles. The first-order chi connectivity index (χ1) is 12.1. The quantitative estimate of drug-likeness (QED) is 0.875. The maximum Gasteiger partial charge on any atom is 0.249 e. The van der Waals surface area contributed by atoms with Gasteiger partial charge in [-0.2, -0.15) is 0 Å². The lowest BCUT2D eigenvalue weighted by atomic mass is 9.92. The van der Waals surface area contributed by atoms with Gasteiger partial charge in [0.2, 0.25) is 5.91 Å². The second-order valence-electron chi connectivity index (χ2n) is 6.88. The molecule has 1 N–H and O–H groups in total. The normalized spacial score (nSPS) is 18.3. The van der Waals surface area contributed by atoms with Crippen LogP contribution in [0.5, 0.6) is 0 Å². The molecule has 1 aromatic carbocycles. The molecule has 25 heavy (non-hydrogen) atoms. The molecule has 2 heterocycles. The third-order valence-corrected chi connectivity index (χ3v) is 4.75. The first-order valence-electron chi connectivity index (χ1n) is 9.05. The van der Waals surface area contributed by atoms with Gasteiger partial charge in [0.1, 0.15) is 6.10 Å². The van der Waals surface area contributed by atoms with Crippen molar-refractivity contribution < 1.29 is 9.53 Å². The molecule has 0 aliphatic carbocycles. The molecule has 1 saturated heterocycles. The van der Waals surface area contributed by atoms with Gasteiger partial charge in [0, 0.05) is 31.0 Å². The Morgan fingerprint density at radius 3 is 2.56 bits per heavy atom. The van der Waals surface area contributed by atoms with Crippen molar-refractivity contribution in [3.63, 3.8) is 0 Å². The van der Waals surface area contributed by atoms with E-state index in [1.165, 1.54) is 5.56 Å². The van der Waals surface area contributed by atoms with Crippen LogP contribution in [0, 0.1) is 0 Å². The van der Waals surface area contributed by atoms with Crippen molar-refractivity contribution in [2.24, 2.45) is 0 Å². The van der Waals surface area contributed by atoms with Crippen LogP contribution in [-0.4, -0.2) is 30.1 Å². The summed E-state index contributed by atoms with van der Waals surface area (Å²) >= 11 is 0. The van der Waals surface area contributed by atoms with Gasteiger partial charge >= 0.3 is 0 Å². The summed E-state index contributed by atoms with van der Waals surface area (Å²) in [5, 5.41) is 3.06. The summed E-state index contributed by atoms with van der Waals surface area (Å²) < 4.78 is 5.47. The fraction of sp³-hybridized carbons (Fsp3) is 0.429. The molecule has 2 atom stereocenters. The van der Waals surface area contributed by atoms with Gasteiger partial charge in [-0.3, -0.25) is 9.78 Å². The molecule has 0 radical (unpaired) electrons. The third-order valence-electron chi connectivity index (χ3n) is 4.75. The fourth-order valence-electron chi connectivity index (χ4n) is 3.19. The lowest BCUT2D eigenvalue weighted by molar-refractivity contribution is -0.130. The van der Waals surface area contributed by atoms with Crippen molar-refractivity contribution in [3.8, 4) is 0 Å². The van der Waals surface area contributed by atoms with Crippen LogP contribution in [0.1, 0.15) is 55.3 Å². The molecule has 1 fully saturated rings. The van der Waals surface area contributed by atoms with Crippen LogP contribution < -0.4 is 5.32 Å². The van der Waals surface area contributed by atoms with E-state index in [0.29, 0.717) is 19.1 Å². The monoisotopic (exact) mass is 338 g/mol. The van der Waals surface area contributed by atoms with E-state index in [9.17, 15) is 4.79 Å². The van der Waals surface area contributed by atoms with Gasteiger partial charge in [-0.15, -0.1) is 0 Å². The Morgan fingerprint density at radius 2 is 1.96 bits per heavy atom. The smallest absolute Gasteiger partial charge is 0.249 e. The maximum atomic E-state index is 12.3. The predicted molar refractivity (Wildman–Crippen MR) is 98.6 cm³/mol. The summed E-state index contributed by atoms with van der Waals surface area (Å²) in [4.78, 5) is 16.8. The Balaban J connectivity index is 1.76. The summed E-state index contributed by atoms with van der Waals surface area (Å²) in [6.07, 6.45) is 3.27. The molecule has 1 aliphatic heterocycles. The number of pyridine rings is 1. The first-order valence-corrected chi connectivity index (χ1v) is 9.05. The Kier molecular flexibility index (Phi) is 5.82. The van der Waals surface area contributed by atoms with Gasteiger partial charge in [-0.05, 0) is 42.0 Å². The van der Waals surface area contributed by atoms with Crippen LogP contribution in [0.15, 0.2) is 48.7 Å². The molecular weight excluding hydrogens is 312 g/mol. The summed E-state index contributed by atoms with van der Waals surface area (Å²) in [5.41, 5.74) is 3.44. The van der Waals surface area contributed by atoms with Gasteiger partial charge in [-0.25, -0.2) is 0 Å². The van der Waals surface area contributed by atoms with Gasteiger partial charge in [0.25, 0.3) is 0 Å². The van der Waals surface area contributed by atoms with E-state index in [2.05, 4.69) is 48.4 Å². The molecule has 0 spiro atoms. The average molecular weight is 338 g/mol. The molecule has 4 heteroatoms. The zero-order valence-electron chi connectivity index (χ0n) is 14.9. The average Bonchev–Trinajstić information content (AvgIpc) is 3.18. The number of amides is 1. The molecule has 1 amide bonds. The number of benzene rings is 1. The highest BCUT2D eigenvalue weighted by molar-refractivity contribution is 5.81. The molecule has 3 rings (SSSR count). The van der Waals surface area contributed by atoms with Crippen LogP contribution >= 0.6 is 0 Å². The minimum atomic E-state index is -0.298. The van der Waals surface area contributed by atoms with Gasteiger partial charge < -0.3 is 10.1 Å². The van der Waals surface area contributed by atoms with Crippen LogP contribution in [0.4, 0.5) is 0 Å². The van der Waals surface area contributed by atoms with Gasteiger partial charge in [0.05, 0.1) is 0 Å². The number of aromatic nitrogens is 1. The molecule has 0 bridgehead atoms. The van der Waals surface area contributed by atoms with Crippen molar-refractivity contribution in [1.82, 2.24) is 10.3 Å². The Morgan fingerprint density at radius 1 is 1.20 bits per heavy atom. The highest BCUT2D eigenvalue weighted by Crippen LogP contribution is 2.25. The molecule has 132 valence electrons. The predicted octanol–water partition coefficient (Wildman–Crippen LogP) is 3.63. The van der Waals surface area contributed by atoms with Gasteiger partial charge in [-0.1, -0.05) is 44.2 Å². The van der Waals surface area contributed by atoms with E-state index in [0.717, 1.165) is 24.1 Å². The topological polar surface area (TPSA) is 51.2 Å². The number of hydrogen-bond acceptors (Lipinski definition) is 3. The first kappa shape index (κ1) is 17.6. The largest absolute Gasteiger partial charge is 0.368 e. The lowest BCUT2D eigenvalue weighted by Crippen LogP contribution is -2.37. The number of rotatable bonds is 6. The van der Waals surface area contributed by atoms with Gasteiger partial charge in [0.15, 0.2) is 0 Å². The number of carbonyl (C=O) groups is 1. The summed E-state index contributed by atoms with van der Waals surface area (Å²) in [7, 11) is 0. The molecule has 1 aliphatic rings. The maximum absolute atomic E-state index is 12.3. The molecule has 2 unspecified atom stereocenters. The van der Waals surface area contributed by atoms with Crippen molar-refractivity contribution in [2.45, 2.75) is 44.6 Å². The molecule has 2 aromatic rings. The minimum absolute atomic E-state index is 0.0165. The standard InChI is InChI=1S/C21H26N2O2/c1-15(2)16-8-10-17(11-9-16)18(19-6-3-4-12-22-19)14-23-21(24)20-7-5-13-25-20/h3-4,6,8-12,15,18,20H,5,7,13-14H2,1-2H3,(H,23,24). The molecule has 1 aromatic heterocycles. The van der Waals surface area contributed by atoms with Crippen molar-refractivity contribution in [1.29, 1.82) is 0 Å². The highest BCUT2D eigenvalue weighted by atomic mass is 16.5.